The summed E-state index contributed by atoms with van der Waals surface area (Å²) >= 11 is 0. The molecule has 0 bridgehead atoms. The molecule has 1 heterocycles. The quantitative estimate of drug-likeness (QED) is 0.883. The predicted octanol–water partition coefficient (Wildman–Crippen LogP) is 1.99. The van der Waals surface area contributed by atoms with Gasteiger partial charge in [-0.25, -0.2) is 14.1 Å². The van der Waals surface area contributed by atoms with Crippen LogP contribution in [-0.2, 0) is 6.54 Å². The van der Waals surface area contributed by atoms with Gasteiger partial charge in [-0.05, 0) is 18.2 Å². The highest BCUT2D eigenvalue weighted by Gasteiger charge is 2.12. The first-order valence-electron chi connectivity index (χ1n) is 5.53. The summed E-state index contributed by atoms with van der Waals surface area (Å²) in [7, 11) is 0. The molecule has 0 aliphatic heterocycles. The minimum absolute atomic E-state index is 0.218. The number of rotatable bonds is 3. The lowest BCUT2D eigenvalue weighted by Gasteiger charge is -2.03. The highest BCUT2D eigenvalue weighted by atomic mass is 19.1. The van der Waals surface area contributed by atoms with Crippen molar-refractivity contribution < 1.29 is 4.39 Å². The van der Waals surface area contributed by atoms with Gasteiger partial charge in [0, 0.05) is 5.92 Å². The molecule has 2 aromatic rings. The Morgan fingerprint density at radius 3 is 2.76 bits per heavy atom. The Hall–Kier alpha value is -1.75. The molecule has 0 atom stereocenters. The zero-order valence-electron chi connectivity index (χ0n) is 9.89. The minimum Gasteiger partial charge on any atom is -0.324 e. The first kappa shape index (κ1) is 11.7. The second-order valence-corrected chi connectivity index (χ2v) is 4.14. The summed E-state index contributed by atoms with van der Waals surface area (Å²) in [5.41, 5.74) is 6.27. The number of halogens is 1. The van der Waals surface area contributed by atoms with Crippen molar-refractivity contribution in [1.82, 2.24) is 14.8 Å². The summed E-state index contributed by atoms with van der Waals surface area (Å²) < 4.78 is 14.8. The molecule has 17 heavy (non-hydrogen) atoms. The summed E-state index contributed by atoms with van der Waals surface area (Å²) in [5.74, 6) is 1.27. The maximum absolute atomic E-state index is 13.2. The lowest BCUT2D eigenvalue weighted by Crippen LogP contribution is -2.08. The Balaban J connectivity index is 2.50. The van der Waals surface area contributed by atoms with E-state index in [2.05, 4.69) is 10.1 Å². The number of nitrogens with zero attached hydrogens (tertiary/aromatic N) is 3. The predicted molar refractivity (Wildman–Crippen MR) is 63.3 cm³/mol. The van der Waals surface area contributed by atoms with E-state index in [9.17, 15) is 4.39 Å². The molecule has 4 nitrogen and oxygen atoms in total. The Morgan fingerprint density at radius 2 is 2.18 bits per heavy atom. The van der Waals surface area contributed by atoms with Crippen LogP contribution in [0.25, 0.3) is 5.69 Å². The van der Waals surface area contributed by atoms with Crippen molar-refractivity contribution in [3.63, 3.8) is 0 Å². The number of hydrogen-bond acceptors (Lipinski definition) is 3. The molecular weight excluding hydrogens is 219 g/mol. The normalized spacial score (nSPS) is 11.1. The van der Waals surface area contributed by atoms with E-state index >= 15 is 0 Å². The van der Waals surface area contributed by atoms with Gasteiger partial charge in [0.1, 0.15) is 11.6 Å². The van der Waals surface area contributed by atoms with Crippen molar-refractivity contribution in [3.05, 3.63) is 41.7 Å². The van der Waals surface area contributed by atoms with Crippen LogP contribution in [0.2, 0.25) is 0 Å². The zero-order valence-corrected chi connectivity index (χ0v) is 9.89. The van der Waals surface area contributed by atoms with Crippen LogP contribution in [0.4, 0.5) is 4.39 Å². The molecule has 0 amide bonds. The van der Waals surface area contributed by atoms with E-state index < -0.39 is 0 Å². The van der Waals surface area contributed by atoms with Gasteiger partial charge >= 0.3 is 0 Å². The molecule has 0 saturated carbocycles. The van der Waals surface area contributed by atoms with Crippen molar-refractivity contribution >= 4 is 0 Å². The zero-order chi connectivity index (χ0) is 12.4. The average Bonchev–Trinajstić information content (AvgIpc) is 2.73. The van der Waals surface area contributed by atoms with Gasteiger partial charge in [0.2, 0.25) is 0 Å². The third-order valence-corrected chi connectivity index (χ3v) is 2.44. The van der Waals surface area contributed by atoms with Crippen LogP contribution in [0, 0.1) is 5.82 Å². The molecule has 2 rings (SSSR count). The molecular formula is C12H15FN4. The monoisotopic (exact) mass is 234 g/mol. The van der Waals surface area contributed by atoms with E-state index in [-0.39, 0.29) is 18.3 Å². The molecule has 0 saturated heterocycles. The standard InChI is InChI=1S/C12H15FN4/c1-8(2)12-15-11(7-14)17(16-12)10-5-3-4-9(13)6-10/h3-6,8H,7,14H2,1-2H3. The second kappa shape index (κ2) is 4.63. The first-order chi connectivity index (χ1) is 8.11. The van der Waals surface area contributed by atoms with Gasteiger partial charge < -0.3 is 5.73 Å². The first-order valence-corrected chi connectivity index (χ1v) is 5.53. The SMILES string of the molecule is CC(C)c1nc(CN)n(-c2cccc(F)c2)n1. The highest BCUT2D eigenvalue weighted by molar-refractivity contribution is 5.32. The summed E-state index contributed by atoms with van der Waals surface area (Å²) in [6.07, 6.45) is 0. The van der Waals surface area contributed by atoms with Crippen molar-refractivity contribution in [3.8, 4) is 5.69 Å². The second-order valence-electron chi connectivity index (χ2n) is 4.14. The van der Waals surface area contributed by atoms with E-state index in [0.717, 1.165) is 5.82 Å². The Labute approximate surface area is 99.3 Å². The van der Waals surface area contributed by atoms with Gasteiger partial charge in [0.25, 0.3) is 0 Å². The van der Waals surface area contributed by atoms with Crippen LogP contribution >= 0.6 is 0 Å². The van der Waals surface area contributed by atoms with E-state index in [1.165, 1.54) is 12.1 Å². The van der Waals surface area contributed by atoms with Gasteiger partial charge in [-0.3, -0.25) is 0 Å². The molecule has 0 spiro atoms. The van der Waals surface area contributed by atoms with Crippen molar-refractivity contribution in [1.29, 1.82) is 0 Å². The number of nitrogens with two attached hydrogens (primary N) is 1. The summed E-state index contributed by atoms with van der Waals surface area (Å²) in [5, 5.41) is 4.35. The lowest BCUT2D eigenvalue weighted by molar-refractivity contribution is 0.624. The van der Waals surface area contributed by atoms with E-state index in [0.29, 0.717) is 11.5 Å². The summed E-state index contributed by atoms with van der Waals surface area (Å²) in [6, 6.07) is 6.23. The van der Waals surface area contributed by atoms with Crippen LogP contribution in [-0.4, -0.2) is 14.8 Å². The smallest absolute Gasteiger partial charge is 0.153 e. The lowest BCUT2D eigenvalue weighted by atomic mass is 10.2. The molecule has 1 aromatic carbocycles. The maximum atomic E-state index is 13.2. The molecule has 90 valence electrons. The molecule has 0 aliphatic rings. The molecule has 0 radical (unpaired) electrons. The van der Waals surface area contributed by atoms with Crippen molar-refractivity contribution in [2.24, 2.45) is 5.73 Å². The van der Waals surface area contributed by atoms with Gasteiger partial charge in [-0.1, -0.05) is 19.9 Å². The molecule has 0 unspecified atom stereocenters. The van der Waals surface area contributed by atoms with Crippen molar-refractivity contribution in [2.75, 3.05) is 0 Å². The summed E-state index contributed by atoms with van der Waals surface area (Å²) in [4.78, 5) is 4.34. The fourth-order valence-corrected chi connectivity index (χ4v) is 1.55. The van der Waals surface area contributed by atoms with E-state index in [1.807, 2.05) is 13.8 Å². The highest BCUT2D eigenvalue weighted by Crippen LogP contribution is 2.15. The number of aromatic nitrogens is 3. The van der Waals surface area contributed by atoms with E-state index in [4.69, 9.17) is 5.73 Å². The van der Waals surface area contributed by atoms with Crippen LogP contribution in [0.1, 0.15) is 31.4 Å². The fraction of sp³-hybridized carbons (Fsp3) is 0.333. The molecule has 5 heteroatoms. The van der Waals surface area contributed by atoms with E-state index in [1.54, 1.807) is 16.8 Å². The molecule has 1 aromatic heterocycles. The van der Waals surface area contributed by atoms with Crippen LogP contribution in [0.15, 0.2) is 24.3 Å². The topological polar surface area (TPSA) is 56.7 Å². The van der Waals surface area contributed by atoms with Gasteiger partial charge in [0.15, 0.2) is 5.82 Å². The van der Waals surface area contributed by atoms with Crippen LogP contribution < -0.4 is 5.73 Å². The Bertz CT molecular complexity index is 519. The Morgan fingerprint density at radius 1 is 1.41 bits per heavy atom. The number of hydrogen-bond donors (Lipinski definition) is 1. The fourth-order valence-electron chi connectivity index (χ4n) is 1.55. The van der Waals surface area contributed by atoms with Gasteiger partial charge in [-0.2, -0.15) is 5.10 Å². The van der Waals surface area contributed by atoms with Crippen molar-refractivity contribution in [2.45, 2.75) is 26.3 Å². The largest absolute Gasteiger partial charge is 0.324 e. The summed E-state index contributed by atoms with van der Waals surface area (Å²) in [6.45, 7) is 4.29. The molecule has 2 N–H and O–H groups in total. The third-order valence-electron chi connectivity index (χ3n) is 2.44. The molecule has 0 aliphatic carbocycles. The molecule has 0 fully saturated rings. The minimum atomic E-state index is -0.299. The Kier molecular flexibility index (Phi) is 3.19. The van der Waals surface area contributed by atoms with Gasteiger partial charge in [-0.15, -0.1) is 0 Å². The average molecular weight is 234 g/mol. The van der Waals surface area contributed by atoms with Gasteiger partial charge in [0.05, 0.1) is 12.2 Å². The number of benzene rings is 1. The third kappa shape index (κ3) is 2.34. The maximum Gasteiger partial charge on any atom is 0.153 e. The van der Waals surface area contributed by atoms with Crippen LogP contribution in [0.5, 0.6) is 0 Å². The van der Waals surface area contributed by atoms with Crippen LogP contribution in [0.3, 0.4) is 0 Å².